The van der Waals surface area contributed by atoms with E-state index in [0.29, 0.717) is 19.3 Å². The third-order valence-corrected chi connectivity index (χ3v) is 15.4. The second-order valence-electron chi connectivity index (χ2n) is 23.4. The number of unbranched alkanes of at least 4 members (excludes halogenated alkanes) is 39. The standard InChI is InChI=1S/C75H132O6/c1-4-7-10-13-16-19-22-25-27-29-31-33-35-36-37-38-40-41-43-45-47-50-53-56-59-62-65-68-74(77)80-71-72(70-79-73(76)67-64-61-58-55-52-49-24-21-18-15-12-9-6-3)81-75(78)69-66-63-60-57-54-51-48-46-44-42-39-34-32-30-28-26-23-20-17-14-11-8-5-2/h7,9-10,12,16,18-19,21,25,27,31,33,49,52,72H,4-6,8,11,13-15,17,20,22-24,26,28-30,32,34-48,50-51,53-71H2,1-3H3/b10-7-,12-9-,19-16-,21-18-,27-25-,33-31-,52-49-. The van der Waals surface area contributed by atoms with Crippen molar-refractivity contribution in [3.05, 3.63) is 85.1 Å². The summed E-state index contributed by atoms with van der Waals surface area (Å²) < 4.78 is 17.0. The highest BCUT2D eigenvalue weighted by Gasteiger charge is 2.19. The van der Waals surface area contributed by atoms with Gasteiger partial charge < -0.3 is 14.2 Å². The molecule has 0 saturated heterocycles. The van der Waals surface area contributed by atoms with Gasteiger partial charge in [0.2, 0.25) is 0 Å². The van der Waals surface area contributed by atoms with Crippen LogP contribution in [0.25, 0.3) is 0 Å². The lowest BCUT2D eigenvalue weighted by molar-refractivity contribution is -0.167. The van der Waals surface area contributed by atoms with Crippen LogP contribution in [-0.2, 0) is 28.6 Å². The van der Waals surface area contributed by atoms with E-state index in [2.05, 4.69) is 106 Å². The van der Waals surface area contributed by atoms with E-state index in [1.165, 1.54) is 205 Å². The number of esters is 3. The van der Waals surface area contributed by atoms with Gasteiger partial charge in [-0.15, -0.1) is 0 Å². The van der Waals surface area contributed by atoms with Gasteiger partial charge in [-0.3, -0.25) is 14.4 Å². The van der Waals surface area contributed by atoms with E-state index in [0.717, 1.165) is 109 Å². The Balaban J connectivity index is 4.25. The number of hydrogen-bond acceptors (Lipinski definition) is 6. The molecule has 0 amide bonds. The van der Waals surface area contributed by atoms with Crippen LogP contribution < -0.4 is 0 Å². The molecule has 468 valence electrons. The van der Waals surface area contributed by atoms with Crippen LogP contribution >= 0.6 is 0 Å². The molecule has 0 spiro atoms. The molecule has 0 aliphatic carbocycles. The maximum atomic E-state index is 13.0. The smallest absolute Gasteiger partial charge is 0.306 e. The predicted molar refractivity (Wildman–Crippen MR) is 353 cm³/mol. The molecular formula is C75H132O6. The van der Waals surface area contributed by atoms with Gasteiger partial charge in [0.1, 0.15) is 13.2 Å². The molecule has 0 saturated carbocycles. The second-order valence-corrected chi connectivity index (χ2v) is 23.4. The molecule has 1 atom stereocenters. The molecule has 0 rings (SSSR count). The van der Waals surface area contributed by atoms with Gasteiger partial charge in [0.15, 0.2) is 6.10 Å². The summed E-state index contributed by atoms with van der Waals surface area (Å²) in [6.07, 6.45) is 91.9. The first-order valence-electron chi connectivity index (χ1n) is 35.1. The maximum Gasteiger partial charge on any atom is 0.306 e. The fourth-order valence-electron chi connectivity index (χ4n) is 10.2. The average molecular weight is 1130 g/mol. The number of rotatable bonds is 64. The van der Waals surface area contributed by atoms with Crippen LogP contribution in [0.15, 0.2) is 85.1 Å². The number of allylic oxidation sites excluding steroid dienone is 14. The normalized spacial score (nSPS) is 12.6. The van der Waals surface area contributed by atoms with Gasteiger partial charge in [-0.2, -0.15) is 0 Å². The third-order valence-electron chi connectivity index (χ3n) is 15.4. The van der Waals surface area contributed by atoms with E-state index in [1.807, 2.05) is 0 Å². The van der Waals surface area contributed by atoms with Crippen molar-refractivity contribution in [3.8, 4) is 0 Å². The molecule has 0 radical (unpaired) electrons. The highest BCUT2D eigenvalue weighted by molar-refractivity contribution is 5.71. The lowest BCUT2D eigenvalue weighted by Crippen LogP contribution is -2.30. The van der Waals surface area contributed by atoms with E-state index < -0.39 is 6.10 Å². The van der Waals surface area contributed by atoms with Gasteiger partial charge in [0, 0.05) is 19.3 Å². The van der Waals surface area contributed by atoms with Gasteiger partial charge in [-0.25, -0.2) is 0 Å². The van der Waals surface area contributed by atoms with Crippen LogP contribution in [0, 0.1) is 0 Å². The molecule has 0 aliphatic heterocycles. The van der Waals surface area contributed by atoms with Crippen LogP contribution in [-0.4, -0.2) is 37.2 Å². The molecule has 0 N–H and O–H groups in total. The minimum atomic E-state index is -0.788. The quantitative estimate of drug-likeness (QED) is 0.0261. The Labute approximate surface area is 503 Å². The van der Waals surface area contributed by atoms with Crippen molar-refractivity contribution in [1.29, 1.82) is 0 Å². The summed E-state index contributed by atoms with van der Waals surface area (Å²) in [4.78, 5) is 38.4. The Bertz CT molecular complexity index is 1530. The molecule has 0 aromatic carbocycles. The van der Waals surface area contributed by atoms with Crippen molar-refractivity contribution in [2.24, 2.45) is 0 Å². The van der Waals surface area contributed by atoms with Gasteiger partial charge in [0.25, 0.3) is 0 Å². The Morgan fingerprint density at radius 2 is 0.481 bits per heavy atom. The number of ether oxygens (including phenoxy) is 3. The van der Waals surface area contributed by atoms with E-state index in [1.54, 1.807) is 0 Å². The van der Waals surface area contributed by atoms with Crippen molar-refractivity contribution in [3.63, 3.8) is 0 Å². The zero-order valence-electron chi connectivity index (χ0n) is 53.8. The summed E-state index contributed by atoms with van der Waals surface area (Å²) in [5.74, 6) is -0.894. The van der Waals surface area contributed by atoms with E-state index >= 15 is 0 Å². The molecule has 1 unspecified atom stereocenters. The summed E-state index contributed by atoms with van der Waals surface area (Å²) in [6, 6.07) is 0. The molecular weight excluding hydrogens is 997 g/mol. The first kappa shape index (κ1) is 77.6. The topological polar surface area (TPSA) is 78.9 Å². The van der Waals surface area contributed by atoms with Crippen molar-refractivity contribution in [2.45, 2.75) is 361 Å². The van der Waals surface area contributed by atoms with Crippen molar-refractivity contribution in [1.82, 2.24) is 0 Å². The van der Waals surface area contributed by atoms with E-state index in [4.69, 9.17) is 14.2 Å². The van der Waals surface area contributed by atoms with Gasteiger partial charge in [-0.05, 0) is 89.9 Å². The Hall–Kier alpha value is -3.41. The monoisotopic (exact) mass is 1130 g/mol. The zero-order valence-corrected chi connectivity index (χ0v) is 53.8. The number of hydrogen-bond donors (Lipinski definition) is 0. The van der Waals surface area contributed by atoms with Crippen LogP contribution in [0.4, 0.5) is 0 Å². The number of carbonyl (C=O) groups excluding carboxylic acids is 3. The lowest BCUT2D eigenvalue weighted by Gasteiger charge is -2.18. The summed E-state index contributed by atoms with van der Waals surface area (Å²) in [5.41, 5.74) is 0. The van der Waals surface area contributed by atoms with Crippen molar-refractivity contribution in [2.75, 3.05) is 13.2 Å². The van der Waals surface area contributed by atoms with Crippen LogP contribution in [0.5, 0.6) is 0 Å². The summed E-state index contributed by atoms with van der Waals surface area (Å²) in [6.45, 7) is 6.44. The van der Waals surface area contributed by atoms with Crippen molar-refractivity contribution >= 4 is 17.9 Å². The minimum absolute atomic E-state index is 0.0824. The van der Waals surface area contributed by atoms with Gasteiger partial charge in [0.05, 0.1) is 0 Å². The Morgan fingerprint density at radius 3 is 0.765 bits per heavy atom. The average Bonchev–Trinajstić information content (AvgIpc) is 3.46. The van der Waals surface area contributed by atoms with Crippen LogP contribution in [0.2, 0.25) is 0 Å². The SMILES string of the molecule is CC/C=C\C/C=C\C/C=C\C/C=C\CCCCCCCCCCCCCCCCC(=O)OCC(COC(=O)CCCCC/C=C\C/C=C\C/C=C\CC)OC(=O)CCCCCCCCCCCCCCCCCCCCCCCCC. The largest absolute Gasteiger partial charge is 0.462 e. The highest BCUT2D eigenvalue weighted by atomic mass is 16.6. The van der Waals surface area contributed by atoms with Crippen LogP contribution in [0.3, 0.4) is 0 Å². The summed E-state index contributed by atoms with van der Waals surface area (Å²) >= 11 is 0. The number of carbonyl (C=O) groups is 3. The van der Waals surface area contributed by atoms with Crippen LogP contribution in [0.1, 0.15) is 355 Å². The molecule has 0 fully saturated rings. The van der Waals surface area contributed by atoms with Crippen molar-refractivity contribution < 1.29 is 28.6 Å². The molecule has 0 bridgehead atoms. The molecule has 0 aromatic heterocycles. The molecule has 0 heterocycles. The molecule has 81 heavy (non-hydrogen) atoms. The van der Waals surface area contributed by atoms with E-state index in [9.17, 15) is 14.4 Å². The fourth-order valence-corrected chi connectivity index (χ4v) is 10.2. The second kappa shape index (κ2) is 69.1. The molecule has 0 aromatic rings. The molecule has 0 aliphatic rings. The Kier molecular flexibility index (Phi) is 66.2. The third kappa shape index (κ3) is 67.3. The van der Waals surface area contributed by atoms with Gasteiger partial charge >= 0.3 is 17.9 Å². The maximum absolute atomic E-state index is 13.0. The lowest BCUT2D eigenvalue weighted by atomic mass is 10.0. The first-order chi connectivity index (χ1) is 40.0. The molecule has 6 heteroatoms. The summed E-state index contributed by atoms with van der Waals surface area (Å²) in [7, 11) is 0. The zero-order chi connectivity index (χ0) is 58.5. The first-order valence-corrected chi connectivity index (χ1v) is 35.1. The minimum Gasteiger partial charge on any atom is -0.462 e. The van der Waals surface area contributed by atoms with Gasteiger partial charge in [-0.1, -0.05) is 331 Å². The molecule has 6 nitrogen and oxygen atoms in total. The Morgan fingerprint density at radius 1 is 0.259 bits per heavy atom. The summed E-state index contributed by atoms with van der Waals surface area (Å²) in [5, 5.41) is 0. The predicted octanol–water partition coefficient (Wildman–Crippen LogP) is 24.2. The highest BCUT2D eigenvalue weighted by Crippen LogP contribution is 2.18. The fraction of sp³-hybridized carbons (Fsp3) is 0.773. The van der Waals surface area contributed by atoms with E-state index in [-0.39, 0.29) is 31.1 Å².